The Morgan fingerprint density at radius 2 is 2.07 bits per heavy atom. The van der Waals surface area contributed by atoms with Gasteiger partial charge >= 0.3 is 0 Å². The molecule has 76 valence electrons. The fourth-order valence-corrected chi connectivity index (χ4v) is 1.26. The third kappa shape index (κ3) is 1.71. The van der Waals surface area contributed by atoms with Crippen LogP contribution in [-0.2, 0) is 0 Å². The number of nitrogens with zero attached hydrogens (tertiary/aromatic N) is 2. The van der Waals surface area contributed by atoms with Gasteiger partial charge in [0.15, 0.2) is 11.5 Å². The molecule has 0 radical (unpaired) electrons. The van der Waals surface area contributed by atoms with E-state index in [1.54, 1.807) is 12.1 Å². The van der Waals surface area contributed by atoms with Crippen molar-refractivity contribution >= 4 is 5.91 Å². The maximum absolute atomic E-state index is 11.1. The molecule has 1 amide bonds. The zero-order chi connectivity index (χ0) is 10.8. The highest BCUT2D eigenvalue weighted by Gasteiger charge is 2.14. The summed E-state index contributed by atoms with van der Waals surface area (Å²) < 4.78 is 5.35. The van der Waals surface area contributed by atoms with Crippen LogP contribution in [0.3, 0.4) is 0 Å². The minimum absolute atomic E-state index is 0.117. The molecule has 0 aliphatic rings. The van der Waals surface area contributed by atoms with Gasteiger partial charge in [-0.05, 0) is 19.1 Å². The third-order valence-corrected chi connectivity index (χ3v) is 1.91. The zero-order valence-electron chi connectivity index (χ0n) is 8.10. The van der Waals surface area contributed by atoms with Crippen LogP contribution in [-0.4, -0.2) is 15.9 Å². The van der Waals surface area contributed by atoms with Gasteiger partial charge in [-0.3, -0.25) is 4.79 Å². The number of furan rings is 1. The van der Waals surface area contributed by atoms with E-state index in [4.69, 9.17) is 10.2 Å². The summed E-state index contributed by atoms with van der Waals surface area (Å²) in [4.78, 5) is 19.0. The van der Waals surface area contributed by atoms with E-state index < -0.39 is 5.91 Å². The number of nitrogens with two attached hydrogens (primary N) is 1. The van der Waals surface area contributed by atoms with Crippen molar-refractivity contribution in [2.24, 2.45) is 5.73 Å². The molecule has 2 aromatic heterocycles. The summed E-state index contributed by atoms with van der Waals surface area (Å²) >= 11 is 0. The standard InChI is InChI=1S/C10H9N3O2/c1-6-2-3-7(15-6)8-9(10(11)14)13-5-4-12-8/h2-5H,1H3,(H2,11,14). The summed E-state index contributed by atoms with van der Waals surface area (Å²) in [6, 6.07) is 3.51. The Morgan fingerprint density at radius 3 is 2.67 bits per heavy atom. The van der Waals surface area contributed by atoms with Crippen LogP contribution in [0.1, 0.15) is 16.2 Å². The first-order chi connectivity index (χ1) is 7.18. The number of carbonyl (C=O) groups is 1. The van der Waals surface area contributed by atoms with Crippen molar-refractivity contribution in [2.45, 2.75) is 6.92 Å². The maximum Gasteiger partial charge on any atom is 0.269 e. The molecule has 0 aliphatic heterocycles. The molecular formula is C10H9N3O2. The molecule has 2 N–H and O–H groups in total. The molecule has 0 aromatic carbocycles. The first-order valence-corrected chi connectivity index (χ1v) is 4.36. The first kappa shape index (κ1) is 9.39. The van der Waals surface area contributed by atoms with Crippen molar-refractivity contribution < 1.29 is 9.21 Å². The lowest BCUT2D eigenvalue weighted by Gasteiger charge is -2.00. The number of rotatable bonds is 2. The Kier molecular flexibility index (Phi) is 2.21. The molecule has 0 atom stereocenters. The minimum atomic E-state index is -0.618. The van der Waals surface area contributed by atoms with Gasteiger partial charge in [-0.15, -0.1) is 0 Å². The fraction of sp³-hybridized carbons (Fsp3) is 0.100. The lowest BCUT2D eigenvalue weighted by atomic mass is 10.2. The van der Waals surface area contributed by atoms with Gasteiger partial charge in [0.2, 0.25) is 0 Å². The summed E-state index contributed by atoms with van der Waals surface area (Å²) in [6.07, 6.45) is 2.90. The highest BCUT2D eigenvalue weighted by Crippen LogP contribution is 2.21. The van der Waals surface area contributed by atoms with E-state index in [0.717, 1.165) is 5.76 Å². The van der Waals surface area contributed by atoms with Crippen LogP contribution < -0.4 is 5.73 Å². The van der Waals surface area contributed by atoms with Gasteiger partial charge in [0.05, 0.1) is 0 Å². The lowest BCUT2D eigenvalue weighted by molar-refractivity contribution is 0.0995. The van der Waals surface area contributed by atoms with Crippen LogP contribution in [0, 0.1) is 6.92 Å². The van der Waals surface area contributed by atoms with E-state index in [-0.39, 0.29) is 5.69 Å². The monoisotopic (exact) mass is 203 g/mol. The van der Waals surface area contributed by atoms with Gasteiger partial charge in [0, 0.05) is 12.4 Å². The van der Waals surface area contributed by atoms with Gasteiger partial charge in [-0.25, -0.2) is 9.97 Å². The van der Waals surface area contributed by atoms with E-state index in [1.165, 1.54) is 12.4 Å². The topological polar surface area (TPSA) is 82.0 Å². The lowest BCUT2D eigenvalue weighted by Crippen LogP contribution is -2.15. The van der Waals surface area contributed by atoms with Crippen molar-refractivity contribution in [2.75, 3.05) is 0 Å². The van der Waals surface area contributed by atoms with Crippen molar-refractivity contribution in [1.29, 1.82) is 0 Å². The van der Waals surface area contributed by atoms with E-state index in [0.29, 0.717) is 11.5 Å². The van der Waals surface area contributed by atoms with Gasteiger partial charge in [0.25, 0.3) is 5.91 Å². The predicted octanol–water partition coefficient (Wildman–Crippen LogP) is 1.14. The summed E-state index contributed by atoms with van der Waals surface area (Å²) in [5.74, 6) is 0.618. The van der Waals surface area contributed by atoms with Crippen molar-refractivity contribution in [3.05, 3.63) is 36.0 Å². The Hall–Kier alpha value is -2.17. The van der Waals surface area contributed by atoms with Crippen molar-refractivity contribution in [3.63, 3.8) is 0 Å². The molecular weight excluding hydrogens is 194 g/mol. The number of hydrogen-bond acceptors (Lipinski definition) is 4. The predicted molar refractivity (Wildman–Crippen MR) is 53.0 cm³/mol. The number of amides is 1. The van der Waals surface area contributed by atoms with Crippen LogP contribution in [0.4, 0.5) is 0 Å². The highest BCUT2D eigenvalue weighted by molar-refractivity contribution is 5.96. The minimum Gasteiger partial charge on any atom is -0.460 e. The largest absolute Gasteiger partial charge is 0.460 e. The average molecular weight is 203 g/mol. The van der Waals surface area contributed by atoms with Crippen LogP contribution in [0.25, 0.3) is 11.5 Å². The van der Waals surface area contributed by atoms with Gasteiger partial charge < -0.3 is 10.2 Å². The van der Waals surface area contributed by atoms with Crippen molar-refractivity contribution in [3.8, 4) is 11.5 Å². The Morgan fingerprint density at radius 1 is 1.33 bits per heavy atom. The second kappa shape index (κ2) is 3.53. The SMILES string of the molecule is Cc1ccc(-c2nccnc2C(N)=O)o1. The summed E-state index contributed by atoms with van der Waals surface area (Å²) in [5.41, 5.74) is 5.67. The van der Waals surface area contributed by atoms with Crippen molar-refractivity contribution in [1.82, 2.24) is 9.97 Å². The molecule has 0 spiro atoms. The third-order valence-electron chi connectivity index (χ3n) is 1.91. The van der Waals surface area contributed by atoms with Gasteiger partial charge in [-0.2, -0.15) is 0 Å². The molecule has 0 unspecified atom stereocenters. The maximum atomic E-state index is 11.1. The molecule has 15 heavy (non-hydrogen) atoms. The Balaban J connectivity index is 2.57. The number of primary amides is 1. The molecule has 5 nitrogen and oxygen atoms in total. The quantitative estimate of drug-likeness (QED) is 0.793. The Labute approximate surface area is 86.0 Å². The van der Waals surface area contributed by atoms with E-state index in [2.05, 4.69) is 9.97 Å². The number of hydrogen-bond donors (Lipinski definition) is 1. The second-order valence-electron chi connectivity index (χ2n) is 3.03. The van der Waals surface area contributed by atoms with Crippen LogP contribution in [0.5, 0.6) is 0 Å². The molecule has 0 saturated heterocycles. The van der Waals surface area contributed by atoms with E-state index >= 15 is 0 Å². The van der Waals surface area contributed by atoms with E-state index in [9.17, 15) is 4.79 Å². The normalized spacial score (nSPS) is 10.2. The van der Waals surface area contributed by atoms with Crippen LogP contribution in [0.15, 0.2) is 28.9 Å². The molecule has 0 aliphatic carbocycles. The average Bonchev–Trinajstić information content (AvgIpc) is 2.65. The number of carbonyl (C=O) groups excluding carboxylic acids is 1. The number of aromatic nitrogens is 2. The molecule has 0 bridgehead atoms. The van der Waals surface area contributed by atoms with Gasteiger partial charge in [0.1, 0.15) is 11.5 Å². The molecule has 0 fully saturated rings. The zero-order valence-corrected chi connectivity index (χ0v) is 8.10. The fourth-order valence-electron chi connectivity index (χ4n) is 1.26. The van der Waals surface area contributed by atoms with E-state index in [1.807, 2.05) is 6.92 Å². The summed E-state index contributed by atoms with van der Waals surface area (Å²) in [7, 11) is 0. The molecule has 0 saturated carbocycles. The van der Waals surface area contributed by atoms with Crippen LogP contribution >= 0.6 is 0 Å². The summed E-state index contributed by atoms with van der Waals surface area (Å²) in [5, 5.41) is 0. The molecule has 2 heterocycles. The molecule has 5 heteroatoms. The summed E-state index contributed by atoms with van der Waals surface area (Å²) in [6.45, 7) is 1.81. The van der Waals surface area contributed by atoms with Crippen LogP contribution in [0.2, 0.25) is 0 Å². The second-order valence-corrected chi connectivity index (χ2v) is 3.03. The Bertz CT molecular complexity index is 505. The first-order valence-electron chi connectivity index (χ1n) is 4.36. The van der Waals surface area contributed by atoms with Gasteiger partial charge in [-0.1, -0.05) is 0 Å². The highest BCUT2D eigenvalue weighted by atomic mass is 16.3. The molecule has 2 aromatic rings. The smallest absolute Gasteiger partial charge is 0.269 e. The molecule has 2 rings (SSSR count). The number of aryl methyl sites for hydroxylation is 1.